The van der Waals surface area contributed by atoms with Crippen molar-refractivity contribution < 1.29 is 19.8 Å². The first-order valence-corrected chi connectivity index (χ1v) is 6.63. The van der Waals surface area contributed by atoms with Crippen molar-refractivity contribution >= 4 is 22.6 Å². The van der Waals surface area contributed by atoms with Gasteiger partial charge in [0.25, 0.3) is 5.24 Å². The van der Waals surface area contributed by atoms with Crippen LogP contribution in [0.3, 0.4) is 0 Å². The molecular formula is C16H13ClO4. The van der Waals surface area contributed by atoms with Gasteiger partial charge in [0.15, 0.2) is 5.78 Å². The molecule has 0 saturated carbocycles. The number of aliphatic hydroxyl groups is 2. The summed E-state index contributed by atoms with van der Waals surface area (Å²) in [4.78, 5) is 24.0. The molecule has 0 bridgehead atoms. The Labute approximate surface area is 126 Å². The van der Waals surface area contributed by atoms with E-state index in [1.807, 2.05) is 0 Å². The predicted octanol–water partition coefficient (Wildman–Crippen LogP) is 2.28. The van der Waals surface area contributed by atoms with Crippen molar-refractivity contribution in [2.75, 3.05) is 0 Å². The van der Waals surface area contributed by atoms with E-state index in [9.17, 15) is 19.8 Å². The maximum atomic E-state index is 12.5. The lowest BCUT2D eigenvalue weighted by atomic mass is 9.94. The molecule has 0 radical (unpaired) electrons. The highest BCUT2D eigenvalue weighted by molar-refractivity contribution is 6.68. The first kappa shape index (κ1) is 15.4. The Morgan fingerprint density at radius 1 is 0.905 bits per heavy atom. The summed E-state index contributed by atoms with van der Waals surface area (Å²) >= 11 is 5.53. The number of carbonyl (C=O) groups is 2. The van der Waals surface area contributed by atoms with E-state index in [0.29, 0.717) is 16.7 Å². The quantitative estimate of drug-likeness (QED) is 0.656. The van der Waals surface area contributed by atoms with Crippen LogP contribution in [0.15, 0.2) is 42.5 Å². The molecule has 0 aromatic heterocycles. The molecular weight excluding hydrogens is 292 g/mol. The summed E-state index contributed by atoms with van der Waals surface area (Å²) in [6.07, 6.45) is 0. The van der Waals surface area contributed by atoms with Crippen molar-refractivity contribution in [3.8, 4) is 0 Å². The Bertz CT molecular complexity index is 680. The highest BCUT2D eigenvalue weighted by atomic mass is 35.5. The second-order valence-corrected chi connectivity index (χ2v) is 4.79. The Balaban J connectivity index is 2.61. The minimum absolute atomic E-state index is 0.0202. The maximum Gasteiger partial charge on any atom is 0.253 e. The average Bonchev–Trinajstić information content (AvgIpc) is 2.53. The zero-order valence-corrected chi connectivity index (χ0v) is 11.8. The number of carbonyl (C=O) groups excluding carboxylic acids is 2. The van der Waals surface area contributed by atoms with Crippen molar-refractivity contribution in [1.82, 2.24) is 0 Å². The molecule has 0 atom stereocenters. The van der Waals surface area contributed by atoms with Gasteiger partial charge in [0.1, 0.15) is 0 Å². The topological polar surface area (TPSA) is 74.6 Å². The fourth-order valence-electron chi connectivity index (χ4n) is 2.08. The first-order chi connectivity index (χ1) is 10.1. The molecule has 0 aliphatic heterocycles. The molecule has 0 heterocycles. The van der Waals surface area contributed by atoms with Gasteiger partial charge in [-0.2, -0.15) is 0 Å². The standard InChI is InChI=1S/C16H13ClO4/c17-16(21)14-7-12(9-19)11(8-18)6-13(14)15(20)10-4-2-1-3-5-10/h1-7,18-19H,8-9H2. The minimum Gasteiger partial charge on any atom is -0.392 e. The third-order valence-electron chi connectivity index (χ3n) is 3.17. The van der Waals surface area contributed by atoms with Crippen molar-refractivity contribution in [2.45, 2.75) is 13.2 Å². The average molecular weight is 305 g/mol. The zero-order chi connectivity index (χ0) is 15.4. The van der Waals surface area contributed by atoms with Crippen molar-refractivity contribution in [3.63, 3.8) is 0 Å². The van der Waals surface area contributed by atoms with Crippen LogP contribution in [0.1, 0.15) is 37.4 Å². The lowest BCUT2D eigenvalue weighted by Crippen LogP contribution is -2.10. The van der Waals surface area contributed by atoms with Gasteiger partial charge in [-0.05, 0) is 34.9 Å². The molecule has 2 N–H and O–H groups in total. The summed E-state index contributed by atoms with van der Waals surface area (Å²) in [5, 5.41) is 17.8. The molecule has 21 heavy (non-hydrogen) atoms. The van der Waals surface area contributed by atoms with E-state index in [1.165, 1.54) is 12.1 Å². The van der Waals surface area contributed by atoms with Crippen LogP contribution < -0.4 is 0 Å². The molecule has 0 aliphatic carbocycles. The van der Waals surface area contributed by atoms with Gasteiger partial charge in [-0.3, -0.25) is 9.59 Å². The molecule has 0 aliphatic rings. The minimum atomic E-state index is -0.784. The summed E-state index contributed by atoms with van der Waals surface area (Å²) in [7, 11) is 0. The number of aliphatic hydroxyl groups excluding tert-OH is 2. The van der Waals surface area contributed by atoms with Gasteiger partial charge in [0.2, 0.25) is 0 Å². The van der Waals surface area contributed by atoms with Crippen molar-refractivity contribution in [1.29, 1.82) is 0 Å². The van der Waals surface area contributed by atoms with Crippen molar-refractivity contribution in [3.05, 3.63) is 70.3 Å². The molecule has 0 fully saturated rings. The number of benzene rings is 2. The number of hydrogen-bond donors (Lipinski definition) is 2. The maximum absolute atomic E-state index is 12.5. The Morgan fingerprint density at radius 3 is 1.90 bits per heavy atom. The van der Waals surface area contributed by atoms with E-state index in [1.54, 1.807) is 30.3 Å². The van der Waals surface area contributed by atoms with Gasteiger partial charge < -0.3 is 10.2 Å². The first-order valence-electron chi connectivity index (χ1n) is 6.25. The third kappa shape index (κ3) is 3.19. The fraction of sp³-hybridized carbons (Fsp3) is 0.125. The molecule has 5 heteroatoms. The number of ketones is 1. The van der Waals surface area contributed by atoms with Gasteiger partial charge in [-0.15, -0.1) is 0 Å². The molecule has 0 unspecified atom stereocenters. The Hall–Kier alpha value is -2.01. The molecule has 108 valence electrons. The lowest BCUT2D eigenvalue weighted by molar-refractivity contribution is 0.102. The Morgan fingerprint density at radius 2 is 1.43 bits per heavy atom. The molecule has 0 amide bonds. The van der Waals surface area contributed by atoms with E-state index in [4.69, 9.17) is 11.6 Å². The van der Waals surface area contributed by atoms with Crippen LogP contribution in [0.2, 0.25) is 0 Å². The summed E-state index contributed by atoms with van der Waals surface area (Å²) in [6, 6.07) is 11.2. The van der Waals surface area contributed by atoms with Crippen LogP contribution in [0.4, 0.5) is 0 Å². The van der Waals surface area contributed by atoms with Crippen LogP contribution in [-0.4, -0.2) is 21.2 Å². The van der Waals surface area contributed by atoms with E-state index in [-0.39, 0.29) is 30.1 Å². The lowest BCUT2D eigenvalue weighted by Gasteiger charge is -2.11. The summed E-state index contributed by atoms with van der Waals surface area (Å²) in [5.74, 6) is -0.362. The van der Waals surface area contributed by atoms with Crippen LogP contribution in [-0.2, 0) is 13.2 Å². The van der Waals surface area contributed by atoms with Gasteiger partial charge in [0, 0.05) is 16.7 Å². The van der Waals surface area contributed by atoms with Crippen LogP contribution in [0, 0.1) is 0 Å². The van der Waals surface area contributed by atoms with E-state index < -0.39 is 5.24 Å². The molecule has 2 rings (SSSR count). The van der Waals surface area contributed by atoms with Gasteiger partial charge >= 0.3 is 0 Å². The summed E-state index contributed by atoms with van der Waals surface area (Å²) in [6.45, 7) is -0.700. The summed E-state index contributed by atoms with van der Waals surface area (Å²) in [5.41, 5.74) is 1.30. The molecule has 2 aromatic carbocycles. The predicted molar refractivity (Wildman–Crippen MR) is 78.3 cm³/mol. The molecule has 0 saturated heterocycles. The van der Waals surface area contributed by atoms with E-state index in [2.05, 4.69) is 0 Å². The number of hydrogen-bond acceptors (Lipinski definition) is 4. The monoisotopic (exact) mass is 304 g/mol. The normalized spacial score (nSPS) is 10.4. The number of rotatable bonds is 5. The largest absolute Gasteiger partial charge is 0.392 e. The molecule has 2 aromatic rings. The smallest absolute Gasteiger partial charge is 0.253 e. The van der Waals surface area contributed by atoms with E-state index in [0.717, 1.165) is 0 Å². The summed E-state index contributed by atoms with van der Waals surface area (Å²) < 4.78 is 0. The van der Waals surface area contributed by atoms with Gasteiger partial charge in [-0.1, -0.05) is 30.3 Å². The Kier molecular flexibility index (Phi) is 4.85. The highest BCUT2D eigenvalue weighted by Crippen LogP contribution is 2.22. The third-order valence-corrected chi connectivity index (χ3v) is 3.38. The zero-order valence-electron chi connectivity index (χ0n) is 11.0. The van der Waals surface area contributed by atoms with Crippen LogP contribution in [0.5, 0.6) is 0 Å². The molecule has 0 spiro atoms. The van der Waals surface area contributed by atoms with Gasteiger partial charge in [0.05, 0.1) is 13.2 Å². The van der Waals surface area contributed by atoms with E-state index >= 15 is 0 Å². The van der Waals surface area contributed by atoms with Crippen molar-refractivity contribution in [2.24, 2.45) is 0 Å². The van der Waals surface area contributed by atoms with Gasteiger partial charge in [-0.25, -0.2) is 0 Å². The molecule has 4 nitrogen and oxygen atoms in total. The van der Waals surface area contributed by atoms with Crippen LogP contribution >= 0.6 is 11.6 Å². The number of halogens is 1. The fourth-order valence-corrected chi connectivity index (χ4v) is 2.24. The second kappa shape index (κ2) is 6.63. The van der Waals surface area contributed by atoms with Crippen LogP contribution in [0.25, 0.3) is 0 Å². The SMILES string of the molecule is O=C(Cl)c1cc(CO)c(CO)cc1C(=O)c1ccccc1. The second-order valence-electron chi connectivity index (χ2n) is 4.45. The highest BCUT2D eigenvalue weighted by Gasteiger charge is 2.20.